The number of aliphatic imine (C=N–C) groups is 1. The van der Waals surface area contributed by atoms with Crippen molar-refractivity contribution in [2.24, 2.45) is 22.2 Å². The van der Waals surface area contributed by atoms with Crippen LogP contribution >= 0.6 is 0 Å². The fourth-order valence-electron chi connectivity index (χ4n) is 2.96. The van der Waals surface area contributed by atoms with Crippen LogP contribution in [0.25, 0.3) is 0 Å². The third-order valence-corrected chi connectivity index (χ3v) is 4.63. The maximum atomic E-state index is 11.9. The molecule has 0 radical (unpaired) electrons. The van der Waals surface area contributed by atoms with E-state index in [4.69, 9.17) is 17.2 Å². The smallest absolute Gasteiger partial charge is 0.236 e. The first-order valence-corrected chi connectivity index (χ1v) is 10.7. The Morgan fingerprint density at radius 1 is 0.846 bits per heavy atom. The van der Waals surface area contributed by atoms with Gasteiger partial charge in [0.1, 0.15) is 0 Å². The molecule has 0 spiro atoms. The molecule has 6 nitrogen and oxygen atoms in total. The second-order valence-corrected chi connectivity index (χ2v) is 7.24. The summed E-state index contributed by atoms with van der Waals surface area (Å²) in [7, 11) is 0. The Morgan fingerprint density at radius 3 is 1.85 bits per heavy atom. The van der Waals surface area contributed by atoms with Crippen molar-refractivity contribution >= 4 is 11.9 Å². The van der Waals surface area contributed by atoms with Crippen LogP contribution in [0.1, 0.15) is 96.8 Å². The zero-order valence-electron chi connectivity index (χ0n) is 17.0. The first-order chi connectivity index (χ1) is 12.6. The Balaban J connectivity index is 3.33. The molecular weight excluding hydrogens is 326 g/mol. The van der Waals surface area contributed by atoms with Gasteiger partial charge in [-0.15, -0.1) is 0 Å². The van der Waals surface area contributed by atoms with Gasteiger partial charge in [0, 0.05) is 13.1 Å². The molecule has 0 fully saturated rings. The van der Waals surface area contributed by atoms with Gasteiger partial charge in [-0.25, -0.2) is 0 Å². The average molecular weight is 370 g/mol. The van der Waals surface area contributed by atoms with Gasteiger partial charge in [0.25, 0.3) is 0 Å². The molecule has 0 aliphatic carbocycles. The summed E-state index contributed by atoms with van der Waals surface area (Å²) in [4.78, 5) is 15.7. The summed E-state index contributed by atoms with van der Waals surface area (Å²) >= 11 is 0. The molecule has 26 heavy (non-hydrogen) atoms. The third kappa shape index (κ3) is 17.5. The lowest BCUT2D eigenvalue weighted by molar-refractivity contribution is -0.122. The van der Waals surface area contributed by atoms with Crippen molar-refractivity contribution in [3.8, 4) is 0 Å². The number of guanidine groups is 1. The number of carbonyl (C=O) groups excluding carboxylic acids is 1. The number of rotatable bonds is 18. The number of hydrogen-bond donors (Lipinski definition) is 4. The monoisotopic (exact) mass is 369 g/mol. The summed E-state index contributed by atoms with van der Waals surface area (Å²) in [5.74, 6) is 0.00719. The molecule has 1 atom stereocenters. The highest BCUT2D eigenvalue weighted by molar-refractivity contribution is 5.81. The Hall–Kier alpha value is -1.30. The van der Waals surface area contributed by atoms with Crippen molar-refractivity contribution < 1.29 is 4.79 Å². The fourth-order valence-corrected chi connectivity index (χ4v) is 2.96. The van der Waals surface area contributed by atoms with Crippen LogP contribution in [0.3, 0.4) is 0 Å². The summed E-state index contributed by atoms with van der Waals surface area (Å²) in [5, 5.41) is 2.92. The number of amides is 1. The van der Waals surface area contributed by atoms with E-state index in [0.29, 0.717) is 19.4 Å². The van der Waals surface area contributed by atoms with E-state index in [1.807, 2.05) is 0 Å². The minimum absolute atomic E-state index is 0.0715. The first-order valence-electron chi connectivity index (χ1n) is 10.7. The largest absolute Gasteiger partial charge is 0.370 e. The molecule has 0 aromatic carbocycles. The molecule has 0 saturated heterocycles. The molecule has 6 heteroatoms. The standard InChI is InChI=1S/C20H43N5O/c1-2-3-4-5-6-7-8-9-10-11-12-13-16-24-19(26)18(21)15-14-17-25-20(22)23/h18H,2-17,21H2,1H3,(H,24,26)(H4,22,23,25)/t18-/m0/s1. The molecule has 1 amide bonds. The van der Waals surface area contributed by atoms with Gasteiger partial charge in [-0.05, 0) is 19.3 Å². The summed E-state index contributed by atoms with van der Waals surface area (Å²) in [6.45, 7) is 3.50. The Labute approximate surface area is 160 Å². The van der Waals surface area contributed by atoms with Gasteiger partial charge in [-0.1, -0.05) is 77.6 Å². The summed E-state index contributed by atoms with van der Waals surface area (Å²) < 4.78 is 0. The van der Waals surface area contributed by atoms with Crippen molar-refractivity contribution in [1.82, 2.24) is 5.32 Å². The predicted molar refractivity (Wildman–Crippen MR) is 112 cm³/mol. The third-order valence-electron chi connectivity index (χ3n) is 4.63. The van der Waals surface area contributed by atoms with E-state index >= 15 is 0 Å². The summed E-state index contributed by atoms with van der Waals surface area (Å²) in [5.41, 5.74) is 16.4. The normalized spacial score (nSPS) is 11.9. The van der Waals surface area contributed by atoms with E-state index in [0.717, 1.165) is 13.0 Å². The molecular formula is C20H43N5O. The van der Waals surface area contributed by atoms with E-state index in [2.05, 4.69) is 17.2 Å². The van der Waals surface area contributed by atoms with Gasteiger partial charge in [0.05, 0.1) is 6.04 Å². The average Bonchev–Trinajstić information content (AvgIpc) is 2.62. The highest BCUT2D eigenvalue weighted by Gasteiger charge is 2.11. The lowest BCUT2D eigenvalue weighted by Gasteiger charge is -2.11. The van der Waals surface area contributed by atoms with Gasteiger partial charge in [0.2, 0.25) is 5.91 Å². The Bertz CT molecular complexity index is 356. The highest BCUT2D eigenvalue weighted by Crippen LogP contribution is 2.11. The van der Waals surface area contributed by atoms with Crippen molar-refractivity contribution in [3.63, 3.8) is 0 Å². The molecule has 154 valence electrons. The van der Waals surface area contributed by atoms with E-state index in [1.54, 1.807) is 0 Å². The van der Waals surface area contributed by atoms with Crippen molar-refractivity contribution in [3.05, 3.63) is 0 Å². The zero-order valence-corrected chi connectivity index (χ0v) is 17.0. The fraction of sp³-hybridized carbons (Fsp3) is 0.900. The van der Waals surface area contributed by atoms with Crippen molar-refractivity contribution in [1.29, 1.82) is 0 Å². The maximum Gasteiger partial charge on any atom is 0.236 e. The molecule has 0 aromatic rings. The van der Waals surface area contributed by atoms with Crippen LogP contribution in [0.15, 0.2) is 4.99 Å². The lowest BCUT2D eigenvalue weighted by Crippen LogP contribution is -2.41. The molecule has 0 rings (SSSR count). The van der Waals surface area contributed by atoms with Crippen LogP contribution < -0.4 is 22.5 Å². The topological polar surface area (TPSA) is 120 Å². The molecule has 0 aliphatic rings. The molecule has 0 aliphatic heterocycles. The molecule has 0 heterocycles. The van der Waals surface area contributed by atoms with E-state index < -0.39 is 6.04 Å². The summed E-state index contributed by atoms with van der Waals surface area (Å²) in [6.07, 6.45) is 17.1. The van der Waals surface area contributed by atoms with Gasteiger partial charge in [-0.3, -0.25) is 9.79 Å². The Morgan fingerprint density at radius 2 is 1.35 bits per heavy atom. The van der Waals surface area contributed by atoms with Crippen LogP contribution in [0.2, 0.25) is 0 Å². The lowest BCUT2D eigenvalue weighted by atomic mass is 10.1. The number of carbonyl (C=O) groups is 1. The molecule has 0 aromatic heterocycles. The number of nitrogens with two attached hydrogens (primary N) is 3. The number of unbranched alkanes of at least 4 members (excludes halogenated alkanes) is 11. The minimum atomic E-state index is -0.471. The van der Waals surface area contributed by atoms with Crippen LogP contribution in [0.5, 0.6) is 0 Å². The van der Waals surface area contributed by atoms with Crippen molar-refractivity contribution in [2.45, 2.75) is 103 Å². The summed E-state index contributed by atoms with van der Waals surface area (Å²) in [6, 6.07) is -0.471. The first kappa shape index (κ1) is 24.7. The number of nitrogens with one attached hydrogen (secondary N) is 1. The van der Waals surface area contributed by atoms with Gasteiger partial charge < -0.3 is 22.5 Å². The van der Waals surface area contributed by atoms with Gasteiger partial charge in [0.15, 0.2) is 5.96 Å². The van der Waals surface area contributed by atoms with E-state index in [1.165, 1.54) is 70.6 Å². The minimum Gasteiger partial charge on any atom is -0.370 e. The molecule has 0 saturated carbocycles. The van der Waals surface area contributed by atoms with Crippen LogP contribution in [-0.4, -0.2) is 31.0 Å². The molecule has 0 bridgehead atoms. The maximum absolute atomic E-state index is 11.9. The van der Waals surface area contributed by atoms with Crippen LogP contribution in [-0.2, 0) is 4.79 Å². The van der Waals surface area contributed by atoms with E-state index in [9.17, 15) is 4.79 Å². The van der Waals surface area contributed by atoms with Crippen LogP contribution in [0.4, 0.5) is 0 Å². The van der Waals surface area contributed by atoms with Crippen LogP contribution in [0, 0.1) is 0 Å². The molecule has 0 unspecified atom stereocenters. The van der Waals surface area contributed by atoms with Gasteiger partial charge >= 0.3 is 0 Å². The second-order valence-electron chi connectivity index (χ2n) is 7.24. The predicted octanol–water partition coefficient (Wildman–Crippen LogP) is 3.18. The number of hydrogen-bond acceptors (Lipinski definition) is 3. The highest BCUT2D eigenvalue weighted by atomic mass is 16.2. The molecule has 7 N–H and O–H groups in total. The van der Waals surface area contributed by atoms with Gasteiger partial charge in [-0.2, -0.15) is 0 Å². The van der Waals surface area contributed by atoms with Crippen molar-refractivity contribution in [2.75, 3.05) is 13.1 Å². The Kier molecular flexibility index (Phi) is 17.6. The quantitative estimate of drug-likeness (QED) is 0.168. The number of nitrogens with zero attached hydrogens (tertiary/aromatic N) is 1. The zero-order chi connectivity index (χ0) is 19.5. The van der Waals surface area contributed by atoms with E-state index in [-0.39, 0.29) is 11.9 Å². The second kappa shape index (κ2) is 18.5. The SMILES string of the molecule is CCCCCCCCCCCCCCNC(=O)[C@@H](N)CCCN=C(N)N.